The van der Waals surface area contributed by atoms with Crippen molar-refractivity contribution < 1.29 is 22.9 Å². The number of aromatic nitrogens is 2. The van der Waals surface area contributed by atoms with E-state index < -0.39 is 37.5 Å². The lowest BCUT2D eigenvalue weighted by atomic mass is 10.2. The Hall–Kier alpha value is -4.55. The van der Waals surface area contributed by atoms with Crippen molar-refractivity contribution in [3.8, 4) is 17.3 Å². The van der Waals surface area contributed by atoms with Crippen LogP contribution >= 0.6 is 0 Å². The summed E-state index contributed by atoms with van der Waals surface area (Å²) in [5.74, 6) is -0.578. The fourth-order valence-corrected chi connectivity index (χ4v) is 5.37. The maximum Gasteiger partial charge on any atom is 0.276 e. The number of aryl methyl sites for hydroxylation is 2. The van der Waals surface area contributed by atoms with Gasteiger partial charge in [-0.25, -0.2) is 13.1 Å². The number of nitro benzene ring substituents is 1. The van der Waals surface area contributed by atoms with Gasteiger partial charge in [0.05, 0.1) is 10.6 Å². The molecule has 0 radical (unpaired) electrons. The third-order valence-corrected chi connectivity index (χ3v) is 7.54. The van der Waals surface area contributed by atoms with Crippen molar-refractivity contribution in [2.45, 2.75) is 45.6 Å². The fourth-order valence-electron chi connectivity index (χ4n) is 3.97. The van der Waals surface area contributed by atoms with Gasteiger partial charge in [-0.3, -0.25) is 14.9 Å². The van der Waals surface area contributed by atoms with Crippen LogP contribution in [-0.4, -0.2) is 35.1 Å². The Morgan fingerprint density at radius 2 is 1.70 bits per heavy atom. The molecule has 4 aromatic rings. The number of benzene rings is 3. The molecular formula is C28H29N5O6S. The number of rotatable bonds is 9. The lowest BCUT2D eigenvalue weighted by Gasteiger charge is -2.15. The number of hydrogen-bond acceptors (Lipinski definition) is 7. The number of non-ortho nitro benzene ring substituents is 1. The number of sulfonamides is 1. The van der Waals surface area contributed by atoms with Crippen LogP contribution in [0.3, 0.4) is 0 Å². The van der Waals surface area contributed by atoms with Gasteiger partial charge < -0.3 is 10.1 Å². The van der Waals surface area contributed by atoms with Gasteiger partial charge in [0.25, 0.3) is 11.6 Å². The van der Waals surface area contributed by atoms with Crippen molar-refractivity contribution in [2.24, 2.45) is 0 Å². The molecule has 40 heavy (non-hydrogen) atoms. The highest BCUT2D eigenvalue weighted by atomic mass is 32.2. The van der Waals surface area contributed by atoms with Gasteiger partial charge in [-0.15, -0.1) is 0 Å². The van der Waals surface area contributed by atoms with Crippen LogP contribution in [0.5, 0.6) is 11.6 Å². The molecule has 0 fully saturated rings. The van der Waals surface area contributed by atoms with E-state index in [1.165, 1.54) is 10.7 Å². The molecule has 0 aliphatic heterocycles. The zero-order chi connectivity index (χ0) is 29.2. The zero-order valence-electron chi connectivity index (χ0n) is 22.6. The number of carbonyl (C=O) groups excluding carboxylic acids is 1. The first-order valence-electron chi connectivity index (χ1n) is 12.4. The maximum absolute atomic E-state index is 13.3. The van der Waals surface area contributed by atoms with Crippen molar-refractivity contribution >= 4 is 27.3 Å². The molecule has 12 heteroatoms. The van der Waals surface area contributed by atoms with Crippen molar-refractivity contribution in [3.05, 3.63) is 99.2 Å². The summed E-state index contributed by atoms with van der Waals surface area (Å²) < 4.78 is 36.3. The Morgan fingerprint density at radius 3 is 2.33 bits per heavy atom. The van der Waals surface area contributed by atoms with Crippen LogP contribution in [0.4, 0.5) is 11.4 Å². The number of anilines is 1. The Morgan fingerprint density at radius 1 is 1.00 bits per heavy atom. The van der Waals surface area contributed by atoms with Crippen molar-refractivity contribution in [2.75, 3.05) is 5.32 Å². The molecule has 1 aromatic heterocycles. The second-order valence-electron chi connectivity index (χ2n) is 9.62. The molecule has 1 amide bonds. The first-order chi connectivity index (χ1) is 18.9. The molecular weight excluding hydrogens is 534 g/mol. The summed E-state index contributed by atoms with van der Waals surface area (Å²) in [6, 6.07) is 17.4. The number of nitrogens with zero attached hydrogens (tertiary/aromatic N) is 3. The number of nitro groups is 1. The third-order valence-electron chi connectivity index (χ3n) is 5.86. The molecule has 0 aliphatic rings. The molecule has 0 spiro atoms. The van der Waals surface area contributed by atoms with E-state index in [1.807, 2.05) is 44.2 Å². The van der Waals surface area contributed by atoms with Gasteiger partial charge in [0.15, 0.2) is 5.69 Å². The Labute approximate surface area is 232 Å². The average molecular weight is 564 g/mol. The Kier molecular flexibility index (Phi) is 8.03. The second-order valence-corrected chi connectivity index (χ2v) is 11.3. The minimum absolute atomic E-state index is 0.0590. The van der Waals surface area contributed by atoms with E-state index in [4.69, 9.17) is 4.74 Å². The minimum atomic E-state index is -4.20. The molecule has 208 valence electrons. The van der Waals surface area contributed by atoms with Gasteiger partial charge in [0, 0.05) is 29.4 Å². The van der Waals surface area contributed by atoms with E-state index in [2.05, 4.69) is 15.1 Å². The number of hydrogen-bond donors (Lipinski definition) is 2. The fraction of sp³-hybridized carbons (Fsp3) is 0.214. The highest BCUT2D eigenvalue weighted by Crippen LogP contribution is 2.36. The third kappa shape index (κ3) is 6.19. The van der Waals surface area contributed by atoms with E-state index in [0.29, 0.717) is 16.9 Å². The summed E-state index contributed by atoms with van der Waals surface area (Å²) in [6.45, 7) is 8.72. The quantitative estimate of drug-likeness (QED) is 0.204. The van der Waals surface area contributed by atoms with Gasteiger partial charge in [-0.1, -0.05) is 29.8 Å². The summed E-state index contributed by atoms with van der Waals surface area (Å²) in [7, 11) is -4.20. The van der Waals surface area contributed by atoms with Gasteiger partial charge in [0.1, 0.15) is 10.6 Å². The molecule has 0 unspecified atom stereocenters. The predicted molar refractivity (Wildman–Crippen MR) is 151 cm³/mol. The van der Waals surface area contributed by atoms with E-state index in [9.17, 15) is 23.3 Å². The summed E-state index contributed by atoms with van der Waals surface area (Å²) in [6.07, 6.45) is 0. The average Bonchev–Trinajstić information content (AvgIpc) is 3.19. The zero-order valence-corrected chi connectivity index (χ0v) is 23.4. The molecule has 0 atom stereocenters. The Bertz CT molecular complexity index is 1690. The highest BCUT2D eigenvalue weighted by Gasteiger charge is 2.28. The number of amides is 1. The monoisotopic (exact) mass is 563 g/mol. The predicted octanol–water partition coefficient (Wildman–Crippen LogP) is 5.44. The SMILES string of the molecule is Cc1ccc(-n2nc(C(=O)Nc3cccc(C)c3)c(C)c2Oc2ccc([N+](=O)[O-])cc2S(=O)(=O)NC(C)C)cc1. The highest BCUT2D eigenvalue weighted by molar-refractivity contribution is 7.89. The van der Waals surface area contributed by atoms with Crippen LogP contribution in [0.2, 0.25) is 0 Å². The lowest BCUT2D eigenvalue weighted by Crippen LogP contribution is -2.30. The van der Waals surface area contributed by atoms with Crippen LogP contribution in [0, 0.1) is 30.9 Å². The number of ether oxygens (including phenoxy) is 1. The van der Waals surface area contributed by atoms with E-state index >= 15 is 0 Å². The molecule has 2 N–H and O–H groups in total. The van der Waals surface area contributed by atoms with Crippen molar-refractivity contribution in [3.63, 3.8) is 0 Å². The maximum atomic E-state index is 13.3. The van der Waals surface area contributed by atoms with Crippen LogP contribution in [-0.2, 0) is 10.0 Å². The smallest absolute Gasteiger partial charge is 0.276 e. The molecule has 3 aromatic carbocycles. The van der Waals surface area contributed by atoms with E-state index in [-0.39, 0.29) is 17.3 Å². The van der Waals surface area contributed by atoms with Crippen LogP contribution in [0.25, 0.3) is 5.69 Å². The molecule has 0 bridgehead atoms. The summed E-state index contributed by atoms with van der Waals surface area (Å²) in [4.78, 5) is 23.6. The topological polar surface area (TPSA) is 145 Å². The second kappa shape index (κ2) is 11.3. The van der Waals surface area contributed by atoms with Crippen LogP contribution < -0.4 is 14.8 Å². The van der Waals surface area contributed by atoms with Gasteiger partial charge in [0.2, 0.25) is 15.9 Å². The van der Waals surface area contributed by atoms with Gasteiger partial charge in [-0.2, -0.15) is 9.78 Å². The lowest BCUT2D eigenvalue weighted by molar-refractivity contribution is -0.385. The molecule has 4 rings (SSSR count). The van der Waals surface area contributed by atoms with Crippen LogP contribution in [0.1, 0.15) is 41.0 Å². The minimum Gasteiger partial charge on any atom is -0.437 e. The molecule has 0 aliphatic carbocycles. The first kappa shape index (κ1) is 28.5. The van der Waals surface area contributed by atoms with Gasteiger partial charge >= 0.3 is 0 Å². The van der Waals surface area contributed by atoms with E-state index in [0.717, 1.165) is 23.3 Å². The standard InChI is InChI=1S/C28H29N5O6S/c1-17(2)31-40(37,38)25-16-23(33(35)36)13-14-24(25)39-28-20(5)26(27(34)29-21-8-6-7-19(4)15-21)30-32(28)22-11-9-18(3)10-12-22/h6-17,31H,1-5H3,(H,29,34). The molecule has 0 saturated heterocycles. The first-order valence-corrected chi connectivity index (χ1v) is 13.9. The van der Waals surface area contributed by atoms with Crippen LogP contribution in [0.15, 0.2) is 71.6 Å². The normalized spacial score (nSPS) is 11.4. The van der Waals surface area contributed by atoms with Crippen molar-refractivity contribution in [1.82, 2.24) is 14.5 Å². The summed E-state index contributed by atoms with van der Waals surface area (Å²) >= 11 is 0. The summed E-state index contributed by atoms with van der Waals surface area (Å²) in [5.41, 5.74) is 3.08. The molecule has 1 heterocycles. The van der Waals surface area contributed by atoms with Crippen molar-refractivity contribution in [1.29, 1.82) is 0 Å². The number of carbonyl (C=O) groups is 1. The van der Waals surface area contributed by atoms with E-state index in [1.54, 1.807) is 39.0 Å². The number of nitrogens with one attached hydrogen (secondary N) is 2. The van der Waals surface area contributed by atoms with Gasteiger partial charge in [-0.05, 0) is 70.5 Å². The largest absolute Gasteiger partial charge is 0.437 e. The molecule has 11 nitrogen and oxygen atoms in total. The summed E-state index contributed by atoms with van der Waals surface area (Å²) in [5, 5.41) is 18.8. The Balaban J connectivity index is 1.85. The molecule has 0 saturated carbocycles.